The number of amides is 3. The van der Waals surface area contributed by atoms with Crippen molar-refractivity contribution in [3.05, 3.63) is 48.0 Å². The van der Waals surface area contributed by atoms with E-state index in [4.69, 9.17) is 0 Å². The number of hydrogen-bond acceptors (Lipinski definition) is 3. The van der Waals surface area contributed by atoms with Gasteiger partial charge in [0.05, 0.1) is 11.5 Å². The highest BCUT2D eigenvalue weighted by Crippen LogP contribution is 2.45. The minimum Gasteiger partial charge on any atom is -0.348 e. The van der Waals surface area contributed by atoms with Crippen molar-refractivity contribution in [2.75, 3.05) is 6.54 Å². The molecule has 1 N–H and O–H groups in total. The Morgan fingerprint density at radius 3 is 2.54 bits per heavy atom. The molecule has 0 aromatic heterocycles. The molecule has 3 amide bonds. The van der Waals surface area contributed by atoms with Crippen molar-refractivity contribution in [3.63, 3.8) is 0 Å². The van der Waals surface area contributed by atoms with Crippen molar-refractivity contribution >= 4 is 28.5 Å². The molecule has 2 aromatic rings. The van der Waals surface area contributed by atoms with Gasteiger partial charge in [-0.15, -0.1) is 0 Å². The topological polar surface area (TPSA) is 66.5 Å². The largest absolute Gasteiger partial charge is 0.348 e. The van der Waals surface area contributed by atoms with E-state index in [9.17, 15) is 14.4 Å². The van der Waals surface area contributed by atoms with E-state index in [1.54, 1.807) is 0 Å². The Morgan fingerprint density at radius 2 is 1.79 bits per heavy atom. The second-order valence-electron chi connectivity index (χ2n) is 8.20. The third kappa shape index (κ3) is 3.41. The minimum absolute atomic E-state index is 0.147. The lowest BCUT2D eigenvalue weighted by Gasteiger charge is -2.30. The fourth-order valence-electron chi connectivity index (χ4n) is 4.63. The van der Waals surface area contributed by atoms with Gasteiger partial charge in [-0.05, 0) is 42.2 Å². The zero-order valence-corrected chi connectivity index (χ0v) is 16.2. The van der Waals surface area contributed by atoms with Crippen molar-refractivity contribution < 1.29 is 14.4 Å². The Kier molecular flexibility index (Phi) is 4.92. The summed E-state index contributed by atoms with van der Waals surface area (Å²) in [5.41, 5.74) is 0.453. The Bertz CT molecular complexity index is 930. The van der Waals surface area contributed by atoms with E-state index in [1.807, 2.05) is 43.3 Å². The first-order valence-electron chi connectivity index (χ1n) is 10.1. The van der Waals surface area contributed by atoms with Gasteiger partial charge in [-0.25, -0.2) is 0 Å². The van der Waals surface area contributed by atoms with Crippen LogP contribution in [0, 0.1) is 5.41 Å². The van der Waals surface area contributed by atoms with Gasteiger partial charge >= 0.3 is 0 Å². The van der Waals surface area contributed by atoms with Crippen molar-refractivity contribution in [1.82, 2.24) is 10.2 Å². The molecule has 0 unspecified atom stereocenters. The first kappa shape index (κ1) is 18.7. The van der Waals surface area contributed by atoms with E-state index < -0.39 is 5.41 Å². The van der Waals surface area contributed by atoms with E-state index in [2.05, 4.69) is 11.4 Å². The monoisotopic (exact) mass is 378 g/mol. The lowest BCUT2D eigenvalue weighted by Crippen LogP contribution is -2.43. The summed E-state index contributed by atoms with van der Waals surface area (Å²) >= 11 is 0. The van der Waals surface area contributed by atoms with E-state index in [-0.39, 0.29) is 36.7 Å². The molecule has 1 spiro atoms. The van der Waals surface area contributed by atoms with E-state index in [1.165, 1.54) is 4.90 Å². The fraction of sp³-hybridized carbons (Fsp3) is 0.435. The van der Waals surface area contributed by atoms with Crippen molar-refractivity contribution in [2.24, 2.45) is 5.41 Å². The zero-order chi connectivity index (χ0) is 19.7. The first-order valence-corrected chi connectivity index (χ1v) is 10.1. The van der Waals surface area contributed by atoms with Gasteiger partial charge < -0.3 is 5.32 Å². The maximum absolute atomic E-state index is 12.9. The Hall–Kier alpha value is -2.69. The molecule has 0 bridgehead atoms. The summed E-state index contributed by atoms with van der Waals surface area (Å²) in [6.45, 7) is 1.73. The fourth-order valence-corrected chi connectivity index (χ4v) is 4.63. The SMILES string of the molecule is C[C@H](NC(=O)CN1C(=O)CC2(CCCCC2)C1=O)c1ccc2ccccc2c1. The number of likely N-dealkylation sites (tertiary alicyclic amines) is 1. The zero-order valence-electron chi connectivity index (χ0n) is 16.2. The van der Waals surface area contributed by atoms with Crippen LogP contribution in [0.5, 0.6) is 0 Å². The number of benzene rings is 2. The highest BCUT2D eigenvalue weighted by molar-refractivity contribution is 6.08. The number of carbonyl (C=O) groups excluding carboxylic acids is 3. The second kappa shape index (κ2) is 7.38. The molecule has 5 heteroatoms. The highest BCUT2D eigenvalue weighted by atomic mass is 16.2. The average molecular weight is 378 g/mol. The lowest BCUT2D eigenvalue weighted by atomic mass is 9.73. The molecular formula is C23H26N2O3. The van der Waals surface area contributed by atoms with Crippen LogP contribution < -0.4 is 5.32 Å². The number of fused-ring (bicyclic) bond motifs is 1. The normalized spacial score (nSPS) is 20.0. The second-order valence-corrected chi connectivity index (χ2v) is 8.20. The van der Waals surface area contributed by atoms with Crippen LogP contribution in [0.25, 0.3) is 10.8 Å². The average Bonchev–Trinajstić information content (AvgIpc) is 2.92. The molecule has 146 valence electrons. The van der Waals surface area contributed by atoms with Gasteiger partial charge in [-0.3, -0.25) is 19.3 Å². The van der Waals surface area contributed by atoms with Crippen LogP contribution in [-0.2, 0) is 14.4 Å². The summed E-state index contributed by atoms with van der Waals surface area (Å²) < 4.78 is 0. The van der Waals surface area contributed by atoms with Crippen LogP contribution in [0.1, 0.15) is 57.1 Å². The summed E-state index contributed by atoms with van der Waals surface area (Å²) in [5, 5.41) is 5.20. The van der Waals surface area contributed by atoms with Crippen LogP contribution in [-0.4, -0.2) is 29.2 Å². The van der Waals surface area contributed by atoms with E-state index >= 15 is 0 Å². The molecule has 0 radical (unpaired) electrons. The van der Waals surface area contributed by atoms with Gasteiger partial charge in [0.1, 0.15) is 6.54 Å². The van der Waals surface area contributed by atoms with E-state index in [0.29, 0.717) is 0 Å². The maximum Gasteiger partial charge on any atom is 0.240 e. The predicted molar refractivity (Wildman–Crippen MR) is 107 cm³/mol. The maximum atomic E-state index is 12.9. The van der Waals surface area contributed by atoms with Crippen LogP contribution >= 0.6 is 0 Å². The van der Waals surface area contributed by atoms with Gasteiger partial charge in [0.15, 0.2) is 0 Å². The molecule has 1 aliphatic carbocycles. The number of carbonyl (C=O) groups is 3. The molecule has 1 atom stereocenters. The molecule has 4 rings (SSSR count). The number of nitrogens with zero attached hydrogens (tertiary/aromatic N) is 1. The first-order chi connectivity index (χ1) is 13.5. The van der Waals surface area contributed by atoms with Crippen LogP contribution in [0.4, 0.5) is 0 Å². The van der Waals surface area contributed by atoms with Gasteiger partial charge in [0.25, 0.3) is 0 Å². The summed E-state index contributed by atoms with van der Waals surface area (Å²) in [7, 11) is 0. The highest BCUT2D eigenvalue weighted by Gasteiger charge is 2.51. The number of nitrogens with one attached hydrogen (secondary N) is 1. The molecule has 1 saturated heterocycles. The summed E-state index contributed by atoms with van der Waals surface area (Å²) in [4.78, 5) is 39.0. The number of rotatable bonds is 4. The van der Waals surface area contributed by atoms with Gasteiger partial charge in [-0.1, -0.05) is 55.7 Å². The molecule has 1 heterocycles. The molecule has 28 heavy (non-hydrogen) atoms. The molecule has 2 fully saturated rings. The van der Waals surface area contributed by atoms with Crippen LogP contribution in [0.15, 0.2) is 42.5 Å². The standard InChI is InChI=1S/C23H26N2O3/c1-16(18-10-9-17-7-3-4-8-19(17)13-18)24-20(26)15-25-21(27)14-23(22(25)28)11-5-2-6-12-23/h3-4,7-10,13,16H,2,5-6,11-12,14-15H2,1H3,(H,24,26)/t16-/m0/s1. The molecule has 1 aliphatic heterocycles. The third-order valence-corrected chi connectivity index (χ3v) is 6.25. The van der Waals surface area contributed by atoms with Crippen LogP contribution in [0.3, 0.4) is 0 Å². The Balaban J connectivity index is 1.42. The quantitative estimate of drug-likeness (QED) is 0.825. The number of hydrogen-bond donors (Lipinski definition) is 1. The Labute approximate surface area is 165 Å². The van der Waals surface area contributed by atoms with Crippen molar-refractivity contribution in [1.29, 1.82) is 0 Å². The number of imide groups is 1. The molecule has 1 saturated carbocycles. The van der Waals surface area contributed by atoms with Crippen LogP contribution in [0.2, 0.25) is 0 Å². The van der Waals surface area contributed by atoms with Crippen molar-refractivity contribution in [2.45, 2.75) is 51.5 Å². The lowest BCUT2D eigenvalue weighted by molar-refractivity contribution is -0.145. The summed E-state index contributed by atoms with van der Waals surface area (Å²) in [6, 6.07) is 14.0. The van der Waals surface area contributed by atoms with E-state index in [0.717, 1.165) is 48.4 Å². The smallest absolute Gasteiger partial charge is 0.240 e. The molecule has 5 nitrogen and oxygen atoms in total. The molecule has 2 aliphatic rings. The van der Waals surface area contributed by atoms with Crippen molar-refractivity contribution in [3.8, 4) is 0 Å². The third-order valence-electron chi connectivity index (χ3n) is 6.25. The van der Waals surface area contributed by atoms with Gasteiger partial charge in [0, 0.05) is 6.42 Å². The predicted octanol–water partition coefficient (Wildman–Crippen LogP) is 3.73. The Morgan fingerprint density at radius 1 is 1.07 bits per heavy atom. The van der Waals surface area contributed by atoms with Gasteiger partial charge in [-0.2, -0.15) is 0 Å². The molecular weight excluding hydrogens is 352 g/mol. The summed E-state index contributed by atoms with van der Waals surface area (Å²) in [5.74, 6) is -0.652. The minimum atomic E-state index is -0.542. The molecule has 2 aromatic carbocycles. The van der Waals surface area contributed by atoms with Gasteiger partial charge in [0.2, 0.25) is 17.7 Å². The summed E-state index contributed by atoms with van der Waals surface area (Å²) in [6.07, 6.45) is 4.88.